The monoisotopic (exact) mass is 352 g/mol. The molecule has 0 bridgehead atoms. The quantitative estimate of drug-likeness (QED) is 0.822. The zero-order chi connectivity index (χ0) is 14.0. The number of likely N-dealkylation sites (N-methyl/N-ethyl adjacent to an activating group) is 1. The number of rotatable bonds is 5. The highest BCUT2D eigenvalue weighted by molar-refractivity contribution is 9.10. The number of nitrogens with one attached hydrogen (secondary N) is 1. The van der Waals surface area contributed by atoms with Gasteiger partial charge in [-0.3, -0.25) is 0 Å². The Labute approximate surface area is 121 Å². The van der Waals surface area contributed by atoms with Crippen molar-refractivity contribution in [2.75, 3.05) is 20.1 Å². The number of aliphatic hydroxyl groups is 1. The van der Waals surface area contributed by atoms with Gasteiger partial charge in [0.15, 0.2) is 4.67 Å². The largest absolute Gasteiger partial charge is 0.450 e. The summed E-state index contributed by atoms with van der Waals surface area (Å²) in [5, 5.41) is 8.94. The van der Waals surface area contributed by atoms with E-state index in [0.717, 1.165) is 19.4 Å². The van der Waals surface area contributed by atoms with Crippen LogP contribution < -0.4 is 4.72 Å². The molecule has 108 valence electrons. The second-order valence-corrected chi connectivity index (χ2v) is 7.09. The van der Waals surface area contributed by atoms with Crippen molar-refractivity contribution in [1.29, 1.82) is 0 Å². The van der Waals surface area contributed by atoms with Crippen molar-refractivity contribution in [3.8, 4) is 0 Å². The molecule has 1 aliphatic heterocycles. The summed E-state index contributed by atoms with van der Waals surface area (Å²) >= 11 is 3.05. The molecule has 2 rings (SSSR count). The van der Waals surface area contributed by atoms with Crippen LogP contribution in [0.5, 0.6) is 0 Å². The maximum atomic E-state index is 12.1. The Kier molecular flexibility index (Phi) is 4.67. The zero-order valence-corrected chi connectivity index (χ0v) is 13.0. The molecule has 0 saturated carbocycles. The van der Waals surface area contributed by atoms with Crippen molar-refractivity contribution in [3.05, 3.63) is 16.5 Å². The number of likely N-dealkylation sites (tertiary alicyclic amines) is 1. The second-order valence-electron chi connectivity index (χ2n) is 4.64. The molecular weight excluding hydrogens is 336 g/mol. The van der Waals surface area contributed by atoms with Crippen LogP contribution >= 0.6 is 15.9 Å². The number of aliphatic hydroxyl groups excluding tert-OH is 1. The Morgan fingerprint density at radius 2 is 2.37 bits per heavy atom. The molecule has 2 N–H and O–H groups in total. The SMILES string of the molecule is CN1CCCC1CNS(=O)(=O)c1cc(CO)oc1Br. The van der Waals surface area contributed by atoms with Gasteiger partial charge >= 0.3 is 0 Å². The van der Waals surface area contributed by atoms with Gasteiger partial charge in [0.2, 0.25) is 10.0 Å². The Balaban J connectivity index is 2.07. The summed E-state index contributed by atoms with van der Waals surface area (Å²) in [6.45, 7) is 1.04. The van der Waals surface area contributed by atoms with Gasteiger partial charge in [0, 0.05) is 18.7 Å². The molecule has 0 aliphatic carbocycles. The van der Waals surface area contributed by atoms with Gasteiger partial charge in [-0.2, -0.15) is 0 Å². The molecule has 8 heteroatoms. The number of nitrogens with zero attached hydrogens (tertiary/aromatic N) is 1. The van der Waals surface area contributed by atoms with Crippen molar-refractivity contribution in [3.63, 3.8) is 0 Å². The van der Waals surface area contributed by atoms with E-state index in [-0.39, 0.29) is 28.0 Å². The molecule has 0 spiro atoms. The van der Waals surface area contributed by atoms with Crippen molar-refractivity contribution in [2.45, 2.75) is 30.4 Å². The molecular formula is C11H17BrN2O4S. The van der Waals surface area contributed by atoms with Gasteiger partial charge in [-0.1, -0.05) is 0 Å². The summed E-state index contributed by atoms with van der Waals surface area (Å²) in [7, 11) is -1.63. The fraction of sp³-hybridized carbons (Fsp3) is 0.636. The maximum absolute atomic E-state index is 12.1. The van der Waals surface area contributed by atoms with Crippen LogP contribution in [0, 0.1) is 0 Å². The standard InChI is InChI=1S/C11H17BrN2O4S/c1-14-4-2-3-8(14)6-13-19(16,17)10-5-9(7-15)18-11(10)12/h5,8,13,15H,2-4,6-7H2,1H3. The lowest BCUT2D eigenvalue weighted by Crippen LogP contribution is -2.38. The van der Waals surface area contributed by atoms with E-state index in [1.54, 1.807) is 0 Å². The molecule has 2 heterocycles. The van der Waals surface area contributed by atoms with Gasteiger partial charge in [0.1, 0.15) is 17.3 Å². The Hall–Kier alpha value is -0.410. The van der Waals surface area contributed by atoms with Gasteiger partial charge in [0.05, 0.1) is 0 Å². The lowest BCUT2D eigenvalue weighted by atomic mass is 10.2. The van der Waals surface area contributed by atoms with Crippen molar-refractivity contribution in [2.24, 2.45) is 0 Å². The molecule has 0 aromatic carbocycles. The minimum atomic E-state index is -3.62. The Morgan fingerprint density at radius 1 is 1.63 bits per heavy atom. The van der Waals surface area contributed by atoms with Gasteiger partial charge in [-0.15, -0.1) is 0 Å². The molecule has 1 fully saturated rings. The van der Waals surface area contributed by atoms with E-state index in [1.165, 1.54) is 6.07 Å². The third kappa shape index (κ3) is 3.38. The molecule has 19 heavy (non-hydrogen) atoms. The number of halogens is 1. The Bertz CT molecular complexity index is 543. The first-order valence-corrected chi connectivity index (χ1v) is 8.30. The predicted molar refractivity (Wildman–Crippen MR) is 73.2 cm³/mol. The van der Waals surface area contributed by atoms with Crippen molar-refractivity contribution >= 4 is 26.0 Å². The first-order valence-electron chi connectivity index (χ1n) is 6.03. The van der Waals surface area contributed by atoms with E-state index in [0.29, 0.717) is 6.54 Å². The first-order chi connectivity index (χ1) is 8.94. The zero-order valence-electron chi connectivity index (χ0n) is 10.6. The van der Waals surface area contributed by atoms with Crippen LogP contribution in [0.4, 0.5) is 0 Å². The minimum absolute atomic E-state index is 0.0252. The van der Waals surface area contributed by atoms with Crippen LogP contribution in [0.15, 0.2) is 20.0 Å². The van der Waals surface area contributed by atoms with Crippen LogP contribution in [0.25, 0.3) is 0 Å². The van der Waals surface area contributed by atoms with Crippen LogP contribution in [-0.2, 0) is 16.6 Å². The summed E-state index contributed by atoms with van der Waals surface area (Å²) in [6, 6.07) is 1.56. The van der Waals surface area contributed by atoms with Crippen LogP contribution in [0.3, 0.4) is 0 Å². The van der Waals surface area contributed by atoms with Crippen molar-refractivity contribution in [1.82, 2.24) is 9.62 Å². The van der Waals surface area contributed by atoms with E-state index in [4.69, 9.17) is 9.52 Å². The lowest BCUT2D eigenvalue weighted by molar-refractivity contribution is 0.245. The molecule has 1 aromatic rings. The number of sulfonamides is 1. The fourth-order valence-electron chi connectivity index (χ4n) is 2.18. The topological polar surface area (TPSA) is 82.8 Å². The lowest BCUT2D eigenvalue weighted by Gasteiger charge is -2.19. The third-order valence-corrected chi connectivity index (χ3v) is 5.61. The molecule has 1 aromatic heterocycles. The van der Waals surface area contributed by atoms with E-state index in [9.17, 15) is 8.42 Å². The van der Waals surface area contributed by atoms with Gasteiger partial charge in [0.25, 0.3) is 0 Å². The number of furan rings is 1. The molecule has 0 amide bonds. The fourth-order valence-corrected chi connectivity index (χ4v) is 4.25. The summed E-state index contributed by atoms with van der Waals surface area (Å²) in [4.78, 5) is 2.17. The predicted octanol–water partition coefficient (Wildman–Crippen LogP) is 0.907. The van der Waals surface area contributed by atoms with Gasteiger partial charge in [-0.05, 0) is 42.4 Å². The minimum Gasteiger partial charge on any atom is -0.450 e. The smallest absolute Gasteiger partial charge is 0.245 e. The molecule has 1 unspecified atom stereocenters. The molecule has 0 radical (unpaired) electrons. The van der Waals surface area contributed by atoms with Crippen LogP contribution in [0.2, 0.25) is 0 Å². The van der Waals surface area contributed by atoms with Gasteiger partial charge in [-0.25, -0.2) is 13.1 Å². The summed E-state index contributed by atoms with van der Waals surface area (Å²) in [6.07, 6.45) is 2.08. The highest BCUT2D eigenvalue weighted by Crippen LogP contribution is 2.26. The average Bonchev–Trinajstić information content (AvgIpc) is 2.93. The number of hydrogen-bond acceptors (Lipinski definition) is 5. The molecule has 1 saturated heterocycles. The summed E-state index contributed by atoms with van der Waals surface area (Å²) < 4.78 is 32.1. The molecule has 1 atom stereocenters. The average molecular weight is 353 g/mol. The number of hydrogen-bond donors (Lipinski definition) is 2. The van der Waals surface area contributed by atoms with Crippen LogP contribution in [0.1, 0.15) is 18.6 Å². The molecule has 6 nitrogen and oxygen atoms in total. The van der Waals surface area contributed by atoms with E-state index in [1.807, 2.05) is 7.05 Å². The van der Waals surface area contributed by atoms with Gasteiger partial charge < -0.3 is 14.4 Å². The second kappa shape index (κ2) is 5.92. The normalized spacial score (nSPS) is 21.1. The summed E-state index contributed by atoms with van der Waals surface area (Å²) in [5.41, 5.74) is 0. The highest BCUT2D eigenvalue weighted by atomic mass is 79.9. The first kappa shape index (κ1) is 15.0. The summed E-state index contributed by atoms with van der Waals surface area (Å²) in [5.74, 6) is 0.213. The van der Waals surface area contributed by atoms with Crippen LogP contribution in [-0.4, -0.2) is 44.6 Å². The van der Waals surface area contributed by atoms with Crippen molar-refractivity contribution < 1.29 is 17.9 Å². The van der Waals surface area contributed by atoms with E-state index < -0.39 is 10.0 Å². The highest BCUT2D eigenvalue weighted by Gasteiger charge is 2.26. The van der Waals surface area contributed by atoms with E-state index >= 15 is 0 Å². The molecule has 1 aliphatic rings. The maximum Gasteiger partial charge on any atom is 0.245 e. The van der Waals surface area contributed by atoms with E-state index in [2.05, 4.69) is 25.6 Å². The Morgan fingerprint density at radius 3 is 2.89 bits per heavy atom. The third-order valence-electron chi connectivity index (χ3n) is 3.33.